The first kappa shape index (κ1) is 24.0. The van der Waals surface area contributed by atoms with Crippen LogP contribution in [-0.2, 0) is 9.68 Å². The summed E-state index contributed by atoms with van der Waals surface area (Å²) in [6.45, 7) is 3.08. The Kier molecular flexibility index (Phi) is 14.1. The van der Waals surface area contributed by atoms with E-state index in [1.807, 2.05) is 13.8 Å². The van der Waals surface area contributed by atoms with Crippen LogP contribution >= 0.6 is 0 Å². The van der Waals surface area contributed by atoms with E-state index in [4.69, 9.17) is 9.68 Å². The lowest BCUT2D eigenvalue weighted by atomic mass is 10.1. The Labute approximate surface area is 154 Å². The molecule has 0 aliphatic carbocycles. The second-order valence-electron chi connectivity index (χ2n) is 6.41. The Morgan fingerprint density at radius 1 is 0.692 bits per heavy atom. The molecule has 0 saturated heterocycles. The van der Waals surface area contributed by atoms with Crippen LogP contribution < -0.4 is 0 Å². The van der Waals surface area contributed by atoms with Crippen LogP contribution in [0, 0.1) is 25.1 Å². The second-order valence-corrected chi connectivity index (χ2v) is 6.41. The predicted octanol–water partition coefficient (Wildman–Crippen LogP) is 3.86. The smallest absolute Gasteiger partial charge is 0.264 e. The van der Waals surface area contributed by atoms with Crippen molar-refractivity contribution in [3.8, 4) is 0 Å². The fraction of sp³-hybridized carbons (Fsp3) is 1.00. The minimum Gasteiger partial charge on any atom is -0.264 e. The first-order chi connectivity index (χ1) is 12.4. The number of rotatable bonds is 18. The van der Waals surface area contributed by atoms with Gasteiger partial charge in [-0.1, -0.05) is 52.4 Å². The molecule has 26 heavy (non-hydrogen) atoms. The maximum atomic E-state index is 11.8. The van der Waals surface area contributed by atoms with Crippen molar-refractivity contribution in [2.75, 3.05) is 13.1 Å². The van der Waals surface area contributed by atoms with Crippen molar-refractivity contribution in [1.29, 1.82) is 0 Å². The van der Waals surface area contributed by atoms with Gasteiger partial charge >= 0.3 is 5.09 Å². The van der Waals surface area contributed by atoms with Crippen molar-refractivity contribution in [3.63, 3.8) is 0 Å². The van der Waals surface area contributed by atoms with E-state index in [1.54, 1.807) is 0 Å². The van der Waals surface area contributed by atoms with Crippen molar-refractivity contribution in [1.82, 2.24) is 0 Å². The van der Waals surface area contributed by atoms with Gasteiger partial charge < -0.3 is 0 Å². The van der Waals surface area contributed by atoms with Gasteiger partial charge in [-0.25, -0.2) is 0 Å². The molecule has 0 heterocycles. The van der Waals surface area contributed by atoms with Crippen LogP contribution in [0.1, 0.15) is 78.1 Å². The summed E-state index contributed by atoms with van der Waals surface area (Å²) in [5, 5.41) is 21.3. The van der Waals surface area contributed by atoms with Crippen LogP contribution in [0.3, 0.4) is 0 Å². The molecule has 0 spiro atoms. The van der Waals surface area contributed by atoms with Gasteiger partial charge in [0.15, 0.2) is 0 Å². The number of hydrogen-bond acceptors (Lipinski definition) is 7. The Balaban J connectivity index is 4.48. The summed E-state index contributed by atoms with van der Waals surface area (Å²) in [7, 11) is 0. The standard InChI is InChI=1S/C16H32N3O7/c1-3-5-7-9-11-15(13-17(20)21)25-19(24)26-16(14-18(22)23)12-10-8-6-4-2/h15-16H,3-14H2,1-2H3/q+1. The zero-order valence-electron chi connectivity index (χ0n) is 15.8. The third-order valence-corrected chi connectivity index (χ3v) is 3.93. The Hall–Kier alpha value is -2.00. The molecule has 2 unspecified atom stereocenters. The third kappa shape index (κ3) is 14.4. The van der Waals surface area contributed by atoms with E-state index in [2.05, 4.69) is 0 Å². The van der Waals surface area contributed by atoms with Crippen molar-refractivity contribution < 1.29 is 24.6 Å². The highest BCUT2D eigenvalue weighted by Crippen LogP contribution is 2.12. The van der Waals surface area contributed by atoms with E-state index in [9.17, 15) is 25.1 Å². The van der Waals surface area contributed by atoms with Gasteiger partial charge in [-0.15, -0.1) is 0 Å². The lowest BCUT2D eigenvalue weighted by molar-refractivity contribution is -0.995. The van der Waals surface area contributed by atoms with E-state index >= 15 is 0 Å². The summed E-state index contributed by atoms with van der Waals surface area (Å²) < 4.78 is 0. The highest BCUT2D eigenvalue weighted by Gasteiger charge is 2.32. The van der Waals surface area contributed by atoms with Gasteiger partial charge in [-0.05, 0) is 25.7 Å². The normalized spacial score (nSPS) is 13.0. The van der Waals surface area contributed by atoms with E-state index in [0.29, 0.717) is 25.7 Å². The van der Waals surface area contributed by atoms with Crippen LogP contribution in [0.4, 0.5) is 0 Å². The molecule has 0 aromatic heterocycles. The van der Waals surface area contributed by atoms with Crippen LogP contribution in [0.5, 0.6) is 0 Å². The molecule has 10 nitrogen and oxygen atoms in total. The summed E-state index contributed by atoms with van der Waals surface area (Å²) >= 11 is 0. The minimum atomic E-state index is -0.907. The number of hydrogen-bond donors (Lipinski definition) is 0. The van der Waals surface area contributed by atoms with E-state index < -0.39 is 35.1 Å². The lowest BCUT2D eigenvalue weighted by Crippen LogP contribution is -2.32. The van der Waals surface area contributed by atoms with Crippen molar-refractivity contribution in [3.05, 3.63) is 25.1 Å². The lowest BCUT2D eigenvalue weighted by Gasteiger charge is -2.09. The molecule has 0 aromatic rings. The minimum absolute atomic E-state index is 0.179. The van der Waals surface area contributed by atoms with Gasteiger partial charge in [0, 0.05) is 9.85 Å². The molecule has 0 rings (SSSR count). The zero-order chi connectivity index (χ0) is 19.8. The average molecular weight is 378 g/mol. The molecule has 0 radical (unpaired) electrons. The van der Waals surface area contributed by atoms with E-state index in [-0.39, 0.29) is 5.09 Å². The molecule has 0 bridgehead atoms. The van der Waals surface area contributed by atoms with Gasteiger partial charge in [0.25, 0.3) is 0 Å². The fourth-order valence-corrected chi connectivity index (χ4v) is 2.55. The van der Waals surface area contributed by atoms with Crippen molar-refractivity contribution >= 4 is 0 Å². The first-order valence-corrected chi connectivity index (χ1v) is 9.43. The average Bonchev–Trinajstić information content (AvgIpc) is 2.54. The number of nitro groups is 2. The topological polar surface area (TPSA) is 125 Å². The van der Waals surface area contributed by atoms with Crippen LogP contribution in [0.15, 0.2) is 0 Å². The summed E-state index contributed by atoms with van der Waals surface area (Å²) in [6, 6.07) is 0. The van der Waals surface area contributed by atoms with Gasteiger partial charge in [-0.2, -0.15) is 9.68 Å². The summed E-state index contributed by atoms with van der Waals surface area (Å²) in [5.41, 5.74) is 0. The maximum Gasteiger partial charge on any atom is 0.478 e. The molecule has 152 valence electrons. The molecule has 0 fully saturated rings. The monoisotopic (exact) mass is 378 g/mol. The largest absolute Gasteiger partial charge is 0.478 e. The fourth-order valence-electron chi connectivity index (χ4n) is 2.55. The zero-order valence-corrected chi connectivity index (χ0v) is 15.8. The Morgan fingerprint density at radius 3 is 1.38 bits per heavy atom. The number of unbranched alkanes of at least 4 members (excludes halogenated alkanes) is 6. The van der Waals surface area contributed by atoms with Crippen LogP contribution in [-0.4, -0.2) is 40.2 Å². The molecule has 10 heteroatoms. The first-order valence-electron chi connectivity index (χ1n) is 9.43. The predicted molar refractivity (Wildman–Crippen MR) is 94.6 cm³/mol. The molecule has 0 aromatic carbocycles. The van der Waals surface area contributed by atoms with E-state index in [0.717, 1.165) is 38.5 Å². The Morgan fingerprint density at radius 2 is 1.08 bits per heavy atom. The highest BCUT2D eigenvalue weighted by molar-refractivity contribution is 4.56. The van der Waals surface area contributed by atoms with Crippen LogP contribution in [0.25, 0.3) is 0 Å². The van der Waals surface area contributed by atoms with Crippen molar-refractivity contribution in [2.45, 2.75) is 90.3 Å². The highest BCUT2D eigenvalue weighted by atomic mass is 17.0. The molecule has 0 saturated carbocycles. The molecule has 0 N–H and O–H groups in total. The molecule has 0 aliphatic heterocycles. The van der Waals surface area contributed by atoms with Gasteiger partial charge in [0.1, 0.15) is 4.91 Å². The maximum absolute atomic E-state index is 11.8. The van der Waals surface area contributed by atoms with Gasteiger partial charge in [-0.3, -0.25) is 20.2 Å². The van der Waals surface area contributed by atoms with E-state index in [1.165, 1.54) is 0 Å². The molecule has 2 atom stereocenters. The molecule has 0 aliphatic rings. The molecule has 0 amide bonds. The molecular weight excluding hydrogens is 346 g/mol. The molecular formula is C16H32N3O7+. The van der Waals surface area contributed by atoms with Gasteiger partial charge in [0.05, 0.1) is 0 Å². The summed E-state index contributed by atoms with van der Waals surface area (Å²) in [6.07, 6.45) is 6.17. The Bertz CT molecular complexity index is 385. The van der Waals surface area contributed by atoms with Gasteiger partial charge in [0.2, 0.25) is 25.3 Å². The number of nitrogens with zero attached hydrogens (tertiary/aromatic N) is 3. The SMILES string of the molecule is CCCCCCC(C[N+](=O)[O-])O[N+](=O)OC(CCCCCC)C[N+](=O)[O-]. The quantitative estimate of drug-likeness (QED) is 0.201. The summed E-state index contributed by atoms with van der Waals surface area (Å²) in [5.74, 6) is 0. The van der Waals surface area contributed by atoms with Crippen molar-refractivity contribution in [2.24, 2.45) is 0 Å². The van der Waals surface area contributed by atoms with Crippen LogP contribution in [0.2, 0.25) is 0 Å². The summed E-state index contributed by atoms with van der Waals surface area (Å²) in [4.78, 5) is 42.1. The third-order valence-electron chi connectivity index (χ3n) is 3.93. The second kappa shape index (κ2) is 15.3.